The van der Waals surface area contributed by atoms with E-state index in [9.17, 15) is 34.8 Å². The number of aliphatic hydroxyl groups excluding tert-OH is 5. The zero-order chi connectivity index (χ0) is 21.7. The van der Waals surface area contributed by atoms with E-state index in [0.29, 0.717) is 6.42 Å². The summed E-state index contributed by atoms with van der Waals surface area (Å²) in [6.45, 7) is 1.11. The number of carbonyl (C=O) groups is 3. The summed E-state index contributed by atoms with van der Waals surface area (Å²) >= 11 is 0. The van der Waals surface area contributed by atoms with E-state index in [4.69, 9.17) is 10.2 Å². The van der Waals surface area contributed by atoms with Crippen molar-refractivity contribution < 1.29 is 49.8 Å². The van der Waals surface area contributed by atoms with E-state index >= 15 is 0 Å². The molecule has 0 aromatic rings. The molecule has 0 saturated heterocycles. The third kappa shape index (κ3) is 9.90. The van der Waals surface area contributed by atoms with Crippen molar-refractivity contribution in [3.63, 3.8) is 0 Å². The van der Waals surface area contributed by atoms with E-state index in [1.54, 1.807) is 6.08 Å². The number of allylic oxidation sites excluding steroid dienone is 1. The third-order valence-electron chi connectivity index (χ3n) is 3.99. The lowest BCUT2D eigenvalue weighted by Crippen LogP contribution is -2.49. The van der Waals surface area contributed by atoms with Crippen LogP contribution in [-0.4, -0.2) is 79.6 Å². The molecule has 0 amide bonds. The van der Waals surface area contributed by atoms with Crippen molar-refractivity contribution >= 4 is 17.9 Å². The van der Waals surface area contributed by atoms with E-state index in [2.05, 4.69) is 11.7 Å². The van der Waals surface area contributed by atoms with E-state index in [1.807, 2.05) is 0 Å². The topological polar surface area (TPSA) is 182 Å². The molecule has 0 radical (unpaired) electrons. The van der Waals surface area contributed by atoms with Gasteiger partial charge in [0.05, 0.1) is 18.9 Å². The summed E-state index contributed by atoms with van der Waals surface area (Å²) < 4.78 is 4.40. The highest BCUT2D eigenvalue weighted by Crippen LogP contribution is 2.13. The number of aliphatic carboxylic acids is 1. The maximum Gasteiger partial charge on any atom is 0.345 e. The van der Waals surface area contributed by atoms with Gasteiger partial charge in [0.2, 0.25) is 0 Å². The first-order valence-corrected chi connectivity index (χ1v) is 9.12. The first-order valence-electron chi connectivity index (χ1n) is 9.12. The molecule has 0 aliphatic carbocycles. The Morgan fingerprint density at radius 2 is 1.61 bits per heavy atom. The van der Waals surface area contributed by atoms with Gasteiger partial charge in [0, 0.05) is 0 Å². The Balaban J connectivity index is 4.84. The molecule has 1 unspecified atom stereocenters. The molecule has 0 bridgehead atoms. The highest BCUT2D eigenvalue weighted by atomic mass is 16.6. The standard InChI is InChI=1S/C18H30O10/c1-2-3-4-5-6-7-8-11(9-13(21)22)17(26)28-18(27)16(25)15(24)14(23)12(20)10-19/h7-8,11-12,14-16,19-20,23-25H,2-6,9-10H2,1H3,(H,21,22)/t11?,12-,14-,15+,16-/m1/s1. The summed E-state index contributed by atoms with van der Waals surface area (Å²) in [6, 6.07) is 0. The SMILES string of the molecule is CCCCCCC=CC(CC(=O)O)C(=O)OC(=O)[C@H](O)[C@@H](O)[C@H](O)[C@H](O)CO. The van der Waals surface area contributed by atoms with Crippen LogP contribution >= 0.6 is 0 Å². The smallest absolute Gasteiger partial charge is 0.345 e. The number of hydrogen-bond acceptors (Lipinski definition) is 9. The number of carboxylic acid groups (broad SMARTS) is 1. The molecule has 0 aliphatic rings. The van der Waals surface area contributed by atoms with Crippen LogP contribution in [0.15, 0.2) is 12.2 Å². The van der Waals surface area contributed by atoms with Gasteiger partial charge in [-0.1, -0.05) is 38.3 Å². The average Bonchev–Trinajstić information content (AvgIpc) is 2.66. The number of carbonyl (C=O) groups excluding carboxylic acids is 2. The predicted molar refractivity (Wildman–Crippen MR) is 95.9 cm³/mol. The first kappa shape index (κ1) is 26.1. The highest BCUT2D eigenvalue weighted by molar-refractivity contribution is 5.91. The Hall–Kier alpha value is -1.85. The summed E-state index contributed by atoms with van der Waals surface area (Å²) in [5.41, 5.74) is 0. The molecule has 28 heavy (non-hydrogen) atoms. The summed E-state index contributed by atoms with van der Waals surface area (Å²) in [7, 11) is 0. The van der Waals surface area contributed by atoms with Gasteiger partial charge >= 0.3 is 17.9 Å². The van der Waals surface area contributed by atoms with Gasteiger partial charge in [0.15, 0.2) is 6.10 Å². The van der Waals surface area contributed by atoms with Crippen LogP contribution in [0.5, 0.6) is 0 Å². The molecule has 0 heterocycles. The molecule has 0 aromatic carbocycles. The lowest BCUT2D eigenvalue weighted by atomic mass is 10.0. The second kappa shape index (κ2) is 14.2. The van der Waals surface area contributed by atoms with Crippen molar-refractivity contribution in [1.82, 2.24) is 0 Å². The van der Waals surface area contributed by atoms with Gasteiger partial charge in [0.25, 0.3) is 0 Å². The summed E-state index contributed by atoms with van der Waals surface area (Å²) in [5.74, 6) is -5.42. The number of esters is 2. The van der Waals surface area contributed by atoms with Crippen molar-refractivity contribution in [3.05, 3.63) is 12.2 Å². The summed E-state index contributed by atoms with van der Waals surface area (Å²) in [6.07, 6.45) is -1.66. The van der Waals surface area contributed by atoms with Crippen molar-refractivity contribution in [2.45, 2.75) is 69.9 Å². The fraction of sp³-hybridized carbons (Fsp3) is 0.722. The van der Waals surface area contributed by atoms with Crippen LogP contribution in [0.1, 0.15) is 45.4 Å². The number of carboxylic acids is 1. The maximum absolute atomic E-state index is 12.0. The van der Waals surface area contributed by atoms with E-state index in [1.165, 1.54) is 6.08 Å². The normalized spacial score (nSPS) is 16.9. The van der Waals surface area contributed by atoms with E-state index in [0.717, 1.165) is 25.7 Å². The van der Waals surface area contributed by atoms with Crippen LogP contribution in [0.3, 0.4) is 0 Å². The summed E-state index contributed by atoms with van der Waals surface area (Å²) in [4.78, 5) is 34.7. The van der Waals surface area contributed by atoms with Crippen LogP contribution < -0.4 is 0 Å². The Morgan fingerprint density at radius 3 is 2.14 bits per heavy atom. The minimum absolute atomic E-state index is 0.615. The second-order valence-corrected chi connectivity index (χ2v) is 6.40. The Morgan fingerprint density at radius 1 is 0.964 bits per heavy atom. The lowest BCUT2D eigenvalue weighted by Gasteiger charge is -2.24. The van der Waals surface area contributed by atoms with Gasteiger partial charge < -0.3 is 35.4 Å². The number of aliphatic hydroxyl groups is 5. The van der Waals surface area contributed by atoms with Gasteiger partial charge in [0.1, 0.15) is 18.3 Å². The van der Waals surface area contributed by atoms with Gasteiger partial charge in [-0.2, -0.15) is 0 Å². The van der Waals surface area contributed by atoms with Crippen LogP contribution in [0.4, 0.5) is 0 Å². The predicted octanol–water partition coefficient (Wildman–Crippen LogP) is -0.890. The Bertz CT molecular complexity index is 518. The molecule has 5 atom stereocenters. The van der Waals surface area contributed by atoms with Gasteiger partial charge in [-0.05, 0) is 12.8 Å². The number of ether oxygens (including phenoxy) is 1. The van der Waals surface area contributed by atoms with Crippen molar-refractivity contribution in [2.24, 2.45) is 5.92 Å². The Kier molecular flexibility index (Phi) is 13.3. The maximum atomic E-state index is 12.0. The van der Waals surface area contributed by atoms with Gasteiger partial charge in [-0.3, -0.25) is 9.59 Å². The average molecular weight is 406 g/mol. The molecular formula is C18H30O10. The lowest BCUT2D eigenvalue weighted by molar-refractivity contribution is -0.178. The molecule has 0 saturated carbocycles. The number of rotatable bonds is 14. The number of unbranched alkanes of at least 4 members (excludes halogenated alkanes) is 4. The second-order valence-electron chi connectivity index (χ2n) is 6.40. The molecule has 0 rings (SSSR count). The molecule has 0 fully saturated rings. The fourth-order valence-corrected chi connectivity index (χ4v) is 2.26. The quantitative estimate of drug-likeness (QED) is 0.0916. The zero-order valence-corrected chi connectivity index (χ0v) is 15.8. The molecule has 0 spiro atoms. The monoisotopic (exact) mass is 406 g/mol. The van der Waals surface area contributed by atoms with Crippen molar-refractivity contribution in [3.8, 4) is 0 Å². The molecular weight excluding hydrogens is 376 g/mol. The summed E-state index contributed by atoms with van der Waals surface area (Å²) in [5, 5.41) is 55.5. The van der Waals surface area contributed by atoms with Gasteiger partial charge in [-0.25, -0.2) is 4.79 Å². The molecule has 0 aliphatic heterocycles. The van der Waals surface area contributed by atoms with Crippen molar-refractivity contribution in [2.75, 3.05) is 6.61 Å². The molecule has 10 heteroatoms. The molecule has 162 valence electrons. The number of hydrogen-bond donors (Lipinski definition) is 6. The van der Waals surface area contributed by atoms with Crippen molar-refractivity contribution in [1.29, 1.82) is 0 Å². The van der Waals surface area contributed by atoms with Gasteiger partial charge in [-0.15, -0.1) is 0 Å². The highest BCUT2D eigenvalue weighted by Gasteiger charge is 2.37. The van der Waals surface area contributed by atoms with E-state index < -0.39 is 61.3 Å². The first-order chi connectivity index (χ1) is 13.1. The van der Waals surface area contributed by atoms with E-state index in [-0.39, 0.29) is 0 Å². The minimum atomic E-state index is -2.39. The van der Waals surface area contributed by atoms with Crippen LogP contribution in [0.2, 0.25) is 0 Å². The zero-order valence-electron chi connectivity index (χ0n) is 15.8. The molecule has 0 aromatic heterocycles. The van der Waals surface area contributed by atoms with Crippen LogP contribution in [0.25, 0.3) is 0 Å². The van der Waals surface area contributed by atoms with Crippen LogP contribution in [0, 0.1) is 5.92 Å². The largest absolute Gasteiger partial charge is 0.481 e. The fourth-order valence-electron chi connectivity index (χ4n) is 2.26. The Labute approximate surface area is 163 Å². The minimum Gasteiger partial charge on any atom is -0.481 e. The third-order valence-corrected chi connectivity index (χ3v) is 3.99. The molecule has 10 nitrogen and oxygen atoms in total. The van der Waals surface area contributed by atoms with Crippen LogP contribution in [-0.2, 0) is 19.1 Å². The molecule has 6 N–H and O–H groups in total.